The molecule has 0 spiro atoms. The predicted molar refractivity (Wildman–Crippen MR) is 110 cm³/mol. The Hall–Kier alpha value is -3.67. The van der Waals surface area contributed by atoms with Gasteiger partial charge in [-0.2, -0.15) is 0 Å². The third-order valence-electron chi connectivity index (χ3n) is 4.37. The molecule has 1 N–H and O–H groups in total. The van der Waals surface area contributed by atoms with E-state index in [4.69, 9.17) is 9.47 Å². The predicted octanol–water partition coefficient (Wildman–Crippen LogP) is 4.27. The van der Waals surface area contributed by atoms with Gasteiger partial charge in [0.25, 0.3) is 5.91 Å². The first-order valence-corrected chi connectivity index (χ1v) is 9.51. The Balaban J connectivity index is 1.47. The van der Waals surface area contributed by atoms with Crippen molar-refractivity contribution in [1.82, 2.24) is 5.32 Å². The fraction of sp³-hybridized carbons (Fsp3) is 0.167. The second-order valence-electron chi connectivity index (χ2n) is 6.69. The molecule has 1 atom stereocenters. The lowest BCUT2D eigenvalue weighted by molar-refractivity contribution is -0.129. The minimum absolute atomic E-state index is 0.219. The summed E-state index contributed by atoms with van der Waals surface area (Å²) >= 11 is 0. The van der Waals surface area contributed by atoms with Gasteiger partial charge >= 0.3 is 5.97 Å². The highest BCUT2D eigenvalue weighted by molar-refractivity contribution is 5.92. The van der Waals surface area contributed by atoms with Gasteiger partial charge in [-0.15, -0.1) is 0 Å². The number of hydrogen-bond donors (Lipinski definition) is 1. The SMILES string of the molecule is C[C@@H](OC(=O)c1ccc(COc2ccccc2)cc1)C(=O)NCc1ccc(F)cc1. The lowest BCUT2D eigenvalue weighted by atomic mass is 10.1. The third kappa shape index (κ3) is 6.17. The number of rotatable bonds is 8. The average molecular weight is 407 g/mol. The molecule has 0 heterocycles. The summed E-state index contributed by atoms with van der Waals surface area (Å²) in [5, 5.41) is 2.66. The monoisotopic (exact) mass is 407 g/mol. The van der Waals surface area contributed by atoms with Crippen molar-refractivity contribution < 1.29 is 23.5 Å². The molecule has 1 amide bonds. The number of amides is 1. The van der Waals surface area contributed by atoms with Gasteiger partial charge in [-0.1, -0.05) is 42.5 Å². The van der Waals surface area contributed by atoms with E-state index in [0.29, 0.717) is 12.2 Å². The van der Waals surface area contributed by atoms with Gasteiger partial charge in [-0.3, -0.25) is 4.79 Å². The zero-order chi connectivity index (χ0) is 21.3. The summed E-state index contributed by atoms with van der Waals surface area (Å²) in [5.41, 5.74) is 1.99. The fourth-order valence-electron chi connectivity index (χ4n) is 2.64. The van der Waals surface area contributed by atoms with E-state index in [1.807, 2.05) is 30.3 Å². The van der Waals surface area contributed by atoms with Crippen LogP contribution in [-0.2, 0) is 22.7 Å². The van der Waals surface area contributed by atoms with Crippen molar-refractivity contribution in [3.8, 4) is 5.75 Å². The van der Waals surface area contributed by atoms with Crippen molar-refractivity contribution >= 4 is 11.9 Å². The summed E-state index contributed by atoms with van der Waals surface area (Å²) in [6.45, 7) is 2.10. The van der Waals surface area contributed by atoms with Gasteiger partial charge in [0.05, 0.1) is 5.56 Å². The molecule has 3 aromatic rings. The molecule has 0 saturated carbocycles. The van der Waals surface area contributed by atoms with Crippen LogP contribution < -0.4 is 10.1 Å². The lowest BCUT2D eigenvalue weighted by Gasteiger charge is -2.14. The van der Waals surface area contributed by atoms with Crippen LogP contribution in [0.5, 0.6) is 5.75 Å². The average Bonchev–Trinajstić information content (AvgIpc) is 2.78. The van der Waals surface area contributed by atoms with Crippen molar-refractivity contribution in [2.24, 2.45) is 0 Å². The molecule has 6 heteroatoms. The molecular weight excluding hydrogens is 385 g/mol. The molecule has 0 aliphatic rings. The molecule has 3 rings (SSSR count). The number of nitrogens with one attached hydrogen (secondary N) is 1. The van der Waals surface area contributed by atoms with Gasteiger partial charge in [-0.25, -0.2) is 9.18 Å². The summed E-state index contributed by atoms with van der Waals surface area (Å²) in [4.78, 5) is 24.4. The molecule has 0 aromatic heterocycles. The molecule has 5 nitrogen and oxygen atoms in total. The van der Waals surface area contributed by atoms with Gasteiger partial charge in [0.1, 0.15) is 18.2 Å². The molecule has 0 aliphatic heterocycles. The molecule has 0 unspecified atom stereocenters. The zero-order valence-corrected chi connectivity index (χ0v) is 16.5. The number of esters is 1. The Morgan fingerprint density at radius 1 is 0.900 bits per heavy atom. The van der Waals surface area contributed by atoms with E-state index in [9.17, 15) is 14.0 Å². The number of ether oxygens (including phenoxy) is 2. The highest BCUT2D eigenvalue weighted by atomic mass is 19.1. The summed E-state index contributed by atoms with van der Waals surface area (Å²) in [6.07, 6.45) is -0.959. The molecule has 0 fully saturated rings. The zero-order valence-electron chi connectivity index (χ0n) is 16.5. The van der Waals surface area contributed by atoms with Crippen LogP contribution in [-0.4, -0.2) is 18.0 Å². The molecule has 0 aliphatic carbocycles. The van der Waals surface area contributed by atoms with Crippen LogP contribution in [0.4, 0.5) is 4.39 Å². The van der Waals surface area contributed by atoms with Crippen LogP contribution in [0.1, 0.15) is 28.4 Å². The van der Waals surface area contributed by atoms with Crippen molar-refractivity contribution in [3.63, 3.8) is 0 Å². The Morgan fingerprint density at radius 3 is 2.20 bits per heavy atom. The quantitative estimate of drug-likeness (QED) is 0.567. The largest absolute Gasteiger partial charge is 0.489 e. The second-order valence-corrected chi connectivity index (χ2v) is 6.69. The van der Waals surface area contributed by atoms with Gasteiger partial charge in [0.15, 0.2) is 6.10 Å². The molecule has 154 valence electrons. The summed E-state index contributed by atoms with van der Waals surface area (Å²) in [7, 11) is 0. The Kier molecular flexibility index (Phi) is 7.16. The van der Waals surface area contributed by atoms with Crippen LogP contribution in [0.2, 0.25) is 0 Å². The molecule has 3 aromatic carbocycles. The van der Waals surface area contributed by atoms with Crippen molar-refractivity contribution in [2.75, 3.05) is 0 Å². The first kappa shape index (κ1) is 21.0. The van der Waals surface area contributed by atoms with E-state index in [-0.39, 0.29) is 12.4 Å². The van der Waals surface area contributed by atoms with Gasteiger partial charge in [-0.05, 0) is 54.4 Å². The molecule has 0 radical (unpaired) electrons. The summed E-state index contributed by atoms with van der Waals surface area (Å²) in [5.74, 6) is -0.595. The van der Waals surface area contributed by atoms with Crippen LogP contribution in [0.15, 0.2) is 78.9 Å². The van der Waals surface area contributed by atoms with E-state index in [0.717, 1.165) is 16.9 Å². The molecule has 30 heavy (non-hydrogen) atoms. The number of hydrogen-bond acceptors (Lipinski definition) is 4. The minimum atomic E-state index is -0.959. The van der Waals surface area contributed by atoms with Gasteiger partial charge in [0.2, 0.25) is 0 Å². The van der Waals surface area contributed by atoms with Crippen molar-refractivity contribution in [3.05, 3.63) is 101 Å². The highest BCUT2D eigenvalue weighted by Crippen LogP contribution is 2.13. The van der Waals surface area contributed by atoms with E-state index in [1.165, 1.54) is 19.1 Å². The highest BCUT2D eigenvalue weighted by Gasteiger charge is 2.18. The van der Waals surface area contributed by atoms with Crippen LogP contribution in [0.3, 0.4) is 0 Å². The van der Waals surface area contributed by atoms with Crippen LogP contribution in [0.25, 0.3) is 0 Å². The number of carbonyl (C=O) groups is 2. The molecule has 0 saturated heterocycles. The number of para-hydroxylation sites is 1. The fourth-order valence-corrected chi connectivity index (χ4v) is 2.64. The van der Waals surface area contributed by atoms with Crippen molar-refractivity contribution in [1.29, 1.82) is 0 Å². The molecular formula is C24H22FNO4. The first-order valence-electron chi connectivity index (χ1n) is 9.51. The van der Waals surface area contributed by atoms with Crippen LogP contribution in [0, 0.1) is 5.82 Å². The lowest BCUT2D eigenvalue weighted by Crippen LogP contribution is -2.35. The minimum Gasteiger partial charge on any atom is -0.489 e. The maximum Gasteiger partial charge on any atom is 0.338 e. The maximum atomic E-state index is 12.9. The van der Waals surface area contributed by atoms with E-state index in [1.54, 1.807) is 36.4 Å². The normalized spacial score (nSPS) is 11.4. The topological polar surface area (TPSA) is 64.6 Å². The maximum absolute atomic E-state index is 12.9. The summed E-state index contributed by atoms with van der Waals surface area (Å²) < 4.78 is 23.8. The van der Waals surface area contributed by atoms with E-state index < -0.39 is 18.0 Å². The summed E-state index contributed by atoms with van der Waals surface area (Å²) in [6, 6.07) is 22.1. The Morgan fingerprint density at radius 2 is 1.53 bits per heavy atom. The van der Waals surface area contributed by atoms with Crippen molar-refractivity contribution in [2.45, 2.75) is 26.2 Å². The number of benzene rings is 3. The van der Waals surface area contributed by atoms with E-state index >= 15 is 0 Å². The van der Waals surface area contributed by atoms with Gasteiger partial charge in [0, 0.05) is 6.54 Å². The smallest absolute Gasteiger partial charge is 0.338 e. The van der Waals surface area contributed by atoms with Gasteiger partial charge < -0.3 is 14.8 Å². The standard InChI is InChI=1S/C24H22FNO4/c1-17(23(27)26-15-18-9-13-21(25)14-10-18)30-24(28)20-11-7-19(8-12-20)16-29-22-5-3-2-4-6-22/h2-14,17H,15-16H2,1H3,(H,26,27)/t17-/m1/s1. The van der Waals surface area contributed by atoms with Crippen LogP contribution >= 0.6 is 0 Å². The Bertz CT molecular complexity index is 972. The number of halogens is 1. The second kappa shape index (κ2) is 10.2. The Labute approximate surface area is 174 Å². The first-order chi connectivity index (χ1) is 14.5. The number of carbonyl (C=O) groups excluding carboxylic acids is 2. The van der Waals surface area contributed by atoms with E-state index in [2.05, 4.69) is 5.32 Å². The third-order valence-corrected chi connectivity index (χ3v) is 4.37. The molecule has 0 bridgehead atoms.